The maximum atomic E-state index is 12.7. The average Bonchev–Trinajstić information content (AvgIpc) is 3.44. The first-order chi connectivity index (χ1) is 16.6. The molecule has 2 aliphatic rings. The summed E-state index contributed by atoms with van der Waals surface area (Å²) in [6, 6.07) is 23.8. The van der Waals surface area contributed by atoms with Crippen LogP contribution >= 0.6 is 0 Å². The molecule has 2 fully saturated rings. The Kier molecular flexibility index (Phi) is 6.74. The van der Waals surface area contributed by atoms with E-state index in [1.807, 2.05) is 43.3 Å². The minimum Gasteiger partial charge on any atom is -0.453 e. The van der Waals surface area contributed by atoms with Gasteiger partial charge in [-0.15, -0.1) is 0 Å². The zero-order chi connectivity index (χ0) is 23.5. The molecule has 2 heterocycles. The Bertz CT molecular complexity index is 1110. The molecule has 0 spiro atoms. The largest absolute Gasteiger partial charge is 0.453 e. The van der Waals surface area contributed by atoms with Gasteiger partial charge in [0, 0.05) is 0 Å². The van der Waals surface area contributed by atoms with E-state index in [-0.39, 0.29) is 24.9 Å². The maximum Gasteiger partial charge on any atom is 0.338 e. The summed E-state index contributed by atoms with van der Waals surface area (Å²) in [6.07, 6.45) is -1.56. The molecule has 34 heavy (non-hydrogen) atoms. The van der Waals surface area contributed by atoms with Gasteiger partial charge < -0.3 is 14.2 Å². The van der Waals surface area contributed by atoms with Crippen LogP contribution in [0.25, 0.3) is 11.1 Å². The van der Waals surface area contributed by atoms with Gasteiger partial charge in [0.05, 0.1) is 18.8 Å². The van der Waals surface area contributed by atoms with E-state index in [2.05, 4.69) is 31.2 Å². The molecule has 0 bridgehead atoms. The van der Waals surface area contributed by atoms with E-state index >= 15 is 0 Å². The van der Waals surface area contributed by atoms with E-state index in [4.69, 9.17) is 24.0 Å². The molecular formula is C28H28O6. The predicted molar refractivity (Wildman–Crippen MR) is 126 cm³/mol. The first-order valence-electron chi connectivity index (χ1n) is 11.5. The fourth-order valence-corrected chi connectivity index (χ4v) is 4.24. The Labute approximate surface area is 199 Å². The van der Waals surface area contributed by atoms with Crippen molar-refractivity contribution in [2.45, 2.75) is 44.9 Å². The minimum atomic E-state index is -0.486. The lowest BCUT2D eigenvalue weighted by atomic mass is 10.0. The second kappa shape index (κ2) is 10.1. The Morgan fingerprint density at radius 2 is 1.29 bits per heavy atom. The van der Waals surface area contributed by atoms with Crippen LogP contribution in [0.5, 0.6) is 0 Å². The van der Waals surface area contributed by atoms with Gasteiger partial charge in [0.2, 0.25) is 0 Å². The highest BCUT2D eigenvalue weighted by atomic mass is 17.2. The topological polar surface area (TPSA) is 63.2 Å². The smallest absolute Gasteiger partial charge is 0.338 e. The summed E-state index contributed by atoms with van der Waals surface area (Å²) in [5.74, 6) is -0.395. The van der Waals surface area contributed by atoms with E-state index in [9.17, 15) is 4.79 Å². The summed E-state index contributed by atoms with van der Waals surface area (Å²) in [5, 5.41) is 0. The third-order valence-corrected chi connectivity index (χ3v) is 6.26. The van der Waals surface area contributed by atoms with Crippen LogP contribution in [0.4, 0.5) is 0 Å². The number of hydrogen-bond acceptors (Lipinski definition) is 6. The molecule has 0 N–H and O–H groups in total. The predicted octanol–water partition coefficient (Wildman–Crippen LogP) is 4.81. The quantitative estimate of drug-likeness (QED) is 0.286. The number of carbonyl (C=O) groups is 1. The van der Waals surface area contributed by atoms with E-state index in [1.54, 1.807) is 12.1 Å². The van der Waals surface area contributed by atoms with Crippen LogP contribution in [0, 0.1) is 13.8 Å². The molecule has 4 atom stereocenters. The van der Waals surface area contributed by atoms with Crippen molar-refractivity contribution in [3.63, 3.8) is 0 Å². The van der Waals surface area contributed by atoms with Gasteiger partial charge >= 0.3 is 5.97 Å². The molecule has 1 unspecified atom stereocenters. The molecule has 3 aromatic rings. The second-order valence-electron chi connectivity index (χ2n) is 8.87. The van der Waals surface area contributed by atoms with Gasteiger partial charge in [0.25, 0.3) is 0 Å². The lowest BCUT2D eigenvalue weighted by Crippen LogP contribution is -2.35. The zero-order valence-corrected chi connectivity index (χ0v) is 19.3. The number of hydrogen-bond donors (Lipinski definition) is 0. The lowest BCUT2D eigenvalue weighted by Gasteiger charge is -2.17. The zero-order valence-electron chi connectivity index (χ0n) is 19.3. The van der Waals surface area contributed by atoms with Crippen molar-refractivity contribution < 1.29 is 28.8 Å². The summed E-state index contributed by atoms with van der Waals surface area (Å²) >= 11 is 0. The highest BCUT2D eigenvalue weighted by Crippen LogP contribution is 2.31. The van der Waals surface area contributed by atoms with Crippen molar-refractivity contribution in [2.75, 3.05) is 13.2 Å². The SMILES string of the molecule is Cc1ccc(COO[C@H]2CO[C@@H]3C(OC(=O)c4ccc(-c5ccc(C)cc5)cc4)CO[C@H]23)cc1. The van der Waals surface area contributed by atoms with Crippen molar-refractivity contribution in [1.29, 1.82) is 0 Å². The first kappa shape index (κ1) is 22.7. The van der Waals surface area contributed by atoms with E-state index < -0.39 is 12.1 Å². The first-order valence-corrected chi connectivity index (χ1v) is 11.5. The Hall–Kier alpha value is -3.03. The molecule has 0 radical (unpaired) electrons. The maximum absolute atomic E-state index is 12.7. The van der Waals surface area contributed by atoms with Crippen molar-refractivity contribution in [3.05, 3.63) is 95.1 Å². The molecule has 6 heteroatoms. The van der Waals surface area contributed by atoms with E-state index in [0.29, 0.717) is 18.8 Å². The number of carbonyl (C=O) groups excluding carboxylic acids is 1. The monoisotopic (exact) mass is 460 g/mol. The third kappa shape index (κ3) is 5.05. The molecule has 0 amide bonds. The van der Waals surface area contributed by atoms with Gasteiger partial charge in [-0.2, -0.15) is 0 Å². The van der Waals surface area contributed by atoms with Crippen LogP contribution < -0.4 is 0 Å². The highest BCUT2D eigenvalue weighted by Gasteiger charge is 2.50. The minimum absolute atomic E-state index is 0.264. The summed E-state index contributed by atoms with van der Waals surface area (Å²) in [4.78, 5) is 23.7. The third-order valence-electron chi connectivity index (χ3n) is 6.26. The molecule has 5 rings (SSSR count). The standard InChI is InChI=1S/C28H28O6/c1-18-3-7-20(8-4-18)15-32-34-25-17-31-26-24(16-30-27(25)26)33-28(29)23-13-11-22(12-14-23)21-9-5-19(2)6-10-21/h3-14,24-27H,15-17H2,1-2H3/t24?,25-,26+,27+/m0/s1. The van der Waals surface area contributed by atoms with Crippen molar-refractivity contribution >= 4 is 5.97 Å². The van der Waals surface area contributed by atoms with E-state index in [0.717, 1.165) is 16.7 Å². The van der Waals surface area contributed by atoms with Gasteiger partial charge in [-0.1, -0.05) is 71.8 Å². The average molecular weight is 461 g/mol. The van der Waals surface area contributed by atoms with Gasteiger partial charge in [0.1, 0.15) is 24.9 Å². The molecular weight excluding hydrogens is 432 g/mol. The normalized spacial score (nSPS) is 23.6. The fraction of sp³-hybridized carbons (Fsp3) is 0.321. The van der Waals surface area contributed by atoms with Crippen LogP contribution in [-0.2, 0) is 30.6 Å². The summed E-state index contributed by atoms with van der Waals surface area (Å²) < 4.78 is 17.4. The molecule has 0 aromatic heterocycles. The van der Waals surface area contributed by atoms with Crippen LogP contribution in [0.1, 0.15) is 27.0 Å². The van der Waals surface area contributed by atoms with Gasteiger partial charge in [-0.05, 0) is 42.7 Å². The Balaban J connectivity index is 1.13. The van der Waals surface area contributed by atoms with Crippen LogP contribution in [0.3, 0.4) is 0 Å². The highest BCUT2D eigenvalue weighted by molar-refractivity contribution is 5.90. The number of fused-ring (bicyclic) bond motifs is 1. The van der Waals surface area contributed by atoms with Crippen LogP contribution in [0.15, 0.2) is 72.8 Å². The summed E-state index contributed by atoms with van der Waals surface area (Å²) in [5.41, 5.74) is 6.07. The number of esters is 1. The molecule has 3 aromatic carbocycles. The number of ether oxygens (including phenoxy) is 3. The van der Waals surface area contributed by atoms with Crippen LogP contribution in [-0.4, -0.2) is 43.6 Å². The Morgan fingerprint density at radius 3 is 1.94 bits per heavy atom. The number of aryl methyl sites for hydroxylation is 2. The fourth-order valence-electron chi connectivity index (χ4n) is 4.24. The van der Waals surface area contributed by atoms with Gasteiger partial charge in [0.15, 0.2) is 6.10 Å². The number of benzene rings is 3. The molecule has 2 aliphatic heterocycles. The summed E-state index contributed by atoms with van der Waals surface area (Å²) in [7, 11) is 0. The Morgan fingerprint density at radius 1 is 0.765 bits per heavy atom. The molecule has 0 aliphatic carbocycles. The molecule has 6 nitrogen and oxygen atoms in total. The lowest BCUT2D eigenvalue weighted by molar-refractivity contribution is -0.341. The molecule has 176 valence electrons. The van der Waals surface area contributed by atoms with Gasteiger partial charge in [-0.25, -0.2) is 14.6 Å². The molecule has 0 saturated carbocycles. The van der Waals surface area contributed by atoms with Gasteiger partial charge in [-0.3, -0.25) is 0 Å². The summed E-state index contributed by atoms with van der Waals surface area (Å²) in [6.45, 7) is 5.02. The van der Waals surface area contributed by atoms with E-state index in [1.165, 1.54) is 11.1 Å². The van der Waals surface area contributed by atoms with Crippen molar-refractivity contribution in [3.8, 4) is 11.1 Å². The van der Waals surface area contributed by atoms with Crippen LogP contribution in [0.2, 0.25) is 0 Å². The number of rotatable bonds is 7. The second-order valence-corrected chi connectivity index (χ2v) is 8.87. The molecule has 2 saturated heterocycles. The van der Waals surface area contributed by atoms with Crippen molar-refractivity contribution in [2.24, 2.45) is 0 Å². The van der Waals surface area contributed by atoms with Crippen molar-refractivity contribution in [1.82, 2.24) is 0 Å².